The van der Waals surface area contributed by atoms with Gasteiger partial charge < -0.3 is 10.1 Å². The van der Waals surface area contributed by atoms with Crippen molar-refractivity contribution in [1.29, 1.82) is 0 Å². The summed E-state index contributed by atoms with van der Waals surface area (Å²) in [4.78, 5) is 22.5. The Balaban J connectivity index is 2.19. The van der Waals surface area contributed by atoms with Gasteiger partial charge >= 0.3 is 0 Å². The van der Waals surface area contributed by atoms with Gasteiger partial charge in [0.2, 0.25) is 0 Å². The molecule has 1 amide bonds. The van der Waals surface area contributed by atoms with Crippen molar-refractivity contribution in [3.05, 3.63) is 63.2 Å². The molecular weight excluding hydrogens is 320 g/mol. The van der Waals surface area contributed by atoms with Gasteiger partial charge in [-0.1, -0.05) is 18.5 Å². The fourth-order valence-electron chi connectivity index (χ4n) is 1.88. The van der Waals surface area contributed by atoms with E-state index in [9.17, 15) is 14.9 Å². The maximum Gasteiger partial charge on any atom is 0.269 e. The molecule has 0 atom stereocenters. The van der Waals surface area contributed by atoms with Crippen LogP contribution in [-0.4, -0.2) is 17.4 Å². The average Bonchev–Trinajstić information content (AvgIpc) is 2.54. The summed E-state index contributed by atoms with van der Waals surface area (Å²) in [5.74, 6) is 0.0446. The summed E-state index contributed by atoms with van der Waals surface area (Å²) in [7, 11) is 0. The number of anilines is 1. The van der Waals surface area contributed by atoms with E-state index in [0.29, 0.717) is 28.6 Å². The average molecular weight is 335 g/mol. The highest BCUT2D eigenvalue weighted by atomic mass is 35.5. The zero-order chi connectivity index (χ0) is 16.8. The largest absolute Gasteiger partial charge is 0.493 e. The Morgan fingerprint density at radius 2 is 1.96 bits per heavy atom. The highest BCUT2D eigenvalue weighted by molar-refractivity contribution is 6.31. The van der Waals surface area contributed by atoms with Gasteiger partial charge in [0.1, 0.15) is 5.75 Å². The van der Waals surface area contributed by atoms with Crippen LogP contribution >= 0.6 is 11.6 Å². The molecule has 120 valence electrons. The predicted molar refractivity (Wildman–Crippen MR) is 88.3 cm³/mol. The Bertz CT molecular complexity index is 717. The highest BCUT2D eigenvalue weighted by Crippen LogP contribution is 2.25. The monoisotopic (exact) mass is 334 g/mol. The van der Waals surface area contributed by atoms with Crippen molar-refractivity contribution < 1.29 is 14.5 Å². The van der Waals surface area contributed by atoms with Gasteiger partial charge in [0.25, 0.3) is 11.6 Å². The normalized spacial score (nSPS) is 10.2. The summed E-state index contributed by atoms with van der Waals surface area (Å²) in [5.41, 5.74) is 0.712. The van der Waals surface area contributed by atoms with Crippen LogP contribution in [0.5, 0.6) is 5.75 Å². The van der Waals surface area contributed by atoms with Crippen LogP contribution in [0.15, 0.2) is 42.5 Å². The van der Waals surface area contributed by atoms with Crippen molar-refractivity contribution in [2.75, 3.05) is 11.9 Å². The number of carbonyl (C=O) groups is 1. The Morgan fingerprint density at radius 3 is 2.57 bits per heavy atom. The van der Waals surface area contributed by atoms with E-state index in [-0.39, 0.29) is 5.69 Å². The van der Waals surface area contributed by atoms with Crippen LogP contribution in [0.3, 0.4) is 0 Å². The summed E-state index contributed by atoms with van der Waals surface area (Å²) in [6.45, 7) is 2.45. The summed E-state index contributed by atoms with van der Waals surface area (Å²) in [5, 5.41) is 13.7. The fourth-order valence-corrected chi connectivity index (χ4v) is 2.05. The van der Waals surface area contributed by atoms with E-state index in [4.69, 9.17) is 16.3 Å². The Hall–Kier alpha value is -2.60. The van der Waals surface area contributed by atoms with Crippen LogP contribution in [0.1, 0.15) is 23.7 Å². The highest BCUT2D eigenvalue weighted by Gasteiger charge is 2.14. The van der Waals surface area contributed by atoms with Crippen LogP contribution in [0.2, 0.25) is 5.02 Å². The molecule has 6 nitrogen and oxygen atoms in total. The molecule has 23 heavy (non-hydrogen) atoms. The van der Waals surface area contributed by atoms with Gasteiger partial charge in [0.15, 0.2) is 0 Å². The van der Waals surface area contributed by atoms with Crippen LogP contribution in [0, 0.1) is 10.1 Å². The number of non-ortho nitro benzene ring substituents is 1. The number of nitrogens with one attached hydrogen (secondary N) is 1. The Labute approximate surface area is 138 Å². The third-order valence-electron chi connectivity index (χ3n) is 2.98. The number of halogens is 1. The summed E-state index contributed by atoms with van der Waals surface area (Å²) in [6.07, 6.45) is 0.812. The molecule has 2 aromatic rings. The number of nitro groups is 1. The van der Waals surface area contributed by atoms with E-state index >= 15 is 0 Å². The molecule has 0 aliphatic carbocycles. The minimum atomic E-state index is -0.501. The molecule has 0 aromatic heterocycles. The summed E-state index contributed by atoms with van der Waals surface area (Å²) >= 11 is 5.94. The van der Waals surface area contributed by atoms with Crippen LogP contribution in [-0.2, 0) is 0 Å². The lowest BCUT2D eigenvalue weighted by Crippen LogP contribution is -2.14. The summed E-state index contributed by atoms with van der Waals surface area (Å²) < 4.78 is 5.54. The molecule has 1 N–H and O–H groups in total. The third kappa shape index (κ3) is 4.43. The van der Waals surface area contributed by atoms with Gasteiger partial charge in [0, 0.05) is 22.8 Å². The van der Waals surface area contributed by atoms with Crippen molar-refractivity contribution in [3.63, 3.8) is 0 Å². The quantitative estimate of drug-likeness (QED) is 0.631. The molecule has 0 aliphatic heterocycles. The summed E-state index contributed by atoms with van der Waals surface area (Å²) in [6, 6.07) is 10.4. The molecule has 0 spiro atoms. The maximum absolute atomic E-state index is 12.4. The molecule has 0 radical (unpaired) electrons. The number of nitrogens with zero attached hydrogens (tertiary/aromatic N) is 1. The first-order chi connectivity index (χ1) is 11.0. The first-order valence-corrected chi connectivity index (χ1v) is 7.37. The van der Waals surface area contributed by atoms with Crippen molar-refractivity contribution in [1.82, 2.24) is 0 Å². The molecule has 0 heterocycles. The van der Waals surface area contributed by atoms with Crippen LogP contribution in [0.25, 0.3) is 0 Å². The number of hydrogen-bond donors (Lipinski definition) is 1. The van der Waals surface area contributed by atoms with E-state index in [1.54, 1.807) is 12.1 Å². The molecule has 0 aliphatic rings. The molecule has 0 saturated heterocycles. The first kappa shape index (κ1) is 16.8. The number of benzene rings is 2. The van der Waals surface area contributed by atoms with Crippen LogP contribution < -0.4 is 10.1 Å². The smallest absolute Gasteiger partial charge is 0.269 e. The SMILES string of the molecule is CCCOc1ccc(Cl)cc1C(=O)Nc1ccc([N+](=O)[O-])cc1. The number of hydrogen-bond acceptors (Lipinski definition) is 4. The molecule has 0 bridgehead atoms. The van der Waals surface area contributed by atoms with E-state index in [2.05, 4.69) is 5.32 Å². The van der Waals surface area contributed by atoms with Gasteiger partial charge in [-0.2, -0.15) is 0 Å². The standard InChI is InChI=1S/C16H15ClN2O4/c1-2-9-23-15-8-3-11(17)10-14(15)16(20)18-12-4-6-13(7-5-12)19(21)22/h3-8,10H,2,9H2,1H3,(H,18,20). The van der Waals surface area contributed by atoms with Crippen molar-refractivity contribution >= 4 is 28.9 Å². The van der Waals surface area contributed by atoms with Gasteiger partial charge in [-0.25, -0.2) is 0 Å². The van der Waals surface area contributed by atoms with E-state index in [0.717, 1.165) is 6.42 Å². The van der Waals surface area contributed by atoms with Gasteiger partial charge in [-0.3, -0.25) is 14.9 Å². The molecule has 0 fully saturated rings. The second-order valence-corrected chi connectivity index (χ2v) is 5.18. The Morgan fingerprint density at radius 1 is 1.26 bits per heavy atom. The fraction of sp³-hybridized carbons (Fsp3) is 0.188. The minimum absolute atomic E-state index is 0.0438. The van der Waals surface area contributed by atoms with Gasteiger partial charge in [-0.15, -0.1) is 0 Å². The second kappa shape index (κ2) is 7.60. The van der Waals surface area contributed by atoms with Crippen molar-refractivity contribution in [3.8, 4) is 5.75 Å². The molecule has 0 unspecified atom stereocenters. The number of amides is 1. The molecule has 7 heteroatoms. The molecular formula is C16H15ClN2O4. The first-order valence-electron chi connectivity index (χ1n) is 6.99. The van der Waals surface area contributed by atoms with E-state index in [1.807, 2.05) is 6.92 Å². The molecule has 2 aromatic carbocycles. The zero-order valence-corrected chi connectivity index (χ0v) is 13.2. The molecule has 0 saturated carbocycles. The van der Waals surface area contributed by atoms with Crippen LogP contribution in [0.4, 0.5) is 11.4 Å². The number of ether oxygens (including phenoxy) is 1. The lowest BCUT2D eigenvalue weighted by Gasteiger charge is -2.11. The second-order valence-electron chi connectivity index (χ2n) is 4.75. The van der Waals surface area contributed by atoms with Gasteiger partial charge in [-0.05, 0) is 36.8 Å². The number of rotatable bonds is 6. The predicted octanol–water partition coefficient (Wildman–Crippen LogP) is 4.29. The lowest BCUT2D eigenvalue weighted by molar-refractivity contribution is -0.384. The van der Waals surface area contributed by atoms with Crippen molar-refractivity contribution in [2.45, 2.75) is 13.3 Å². The maximum atomic E-state index is 12.4. The minimum Gasteiger partial charge on any atom is -0.493 e. The zero-order valence-electron chi connectivity index (χ0n) is 12.4. The van der Waals surface area contributed by atoms with E-state index in [1.165, 1.54) is 30.3 Å². The topological polar surface area (TPSA) is 81.5 Å². The lowest BCUT2D eigenvalue weighted by atomic mass is 10.1. The third-order valence-corrected chi connectivity index (χ3v) is 3.22. The molecule has 2 rings (SSSR count). The van der Waals surface area contributed by atoms with Gasteiger partial charge in [0.05, 0.1) is 17.1 Å². The number of carbonyl (C=O) groups excluding carboxylic acids is 1. The number of nitro benzene ring substituents is 1. The van der Waals surface area contributed by atoms with E-state index < -0.39 is 10.8 Å². The van der Waals surface area contributed by atoms with Crippen molar-refractivity contribution in [2.24, 2.45) is 0 Å². The Kier molecular flexibility index (Phi) is 5.54.